The maximum absolute atomic E-state index is 4.47. The third kappa shape index (κ3) is 3.37. The number of hydrogen-bond donors (Lipinski definition) is 1. The van der Waals surface area contributed by atoms with Crippen molar-refractivity contribution in [2.24, 2.45) is 0 Å². The highest BCUT2D eigenvalue weighted by atomic mass is 14.9. The lowest BCUT2D eigenvalue weighted by atomic mass is 10.0. The van der Waals surface area contributed by atoms with Crippen molar-refractivity contribution < 1.29 is 0 Å². The third-order valence-corrected chi connectivity index (χ3v) is 2.90. The molecule has 0 saturated carbocycles. The van der Waals surface area contributed by atoms with Crippen LogP contribution in [0.2, 0.25) is 0 Å². The zero-order valence-corrected chi connectivity index (χ0v) is 10.9. The Morgan fingerprint density at radius 3 is 2.61 bits per heavy atom. The molecule has 18 heavy (non-hydrogen) atoms. The molecule has 0 aliphatic carbocycles. The van der Waals surface area contributed by atoms with Gasteiger partial charge in [-0.1, -0.05) is 37.3 Å². The van der Waals surface area contributed by atoms with Gasteiger partial charge in [0.2, 0.25) is 0 Å². The molecule has 0 aliphatic rings. The van der Waals surface area contributed by atoms with E-state index in [1.807, 2.05) is 25.3 Å². The first-order valence-corrected chi connectivity index (χ1v) is 6.36. The summed E-state index contributed by atoms with van der Waals surface area (Å²) in [5, 5.41) is 3.51. The fraction of sp³-hybridized carbons (Fsp3) is 0.333. The van der Waals surface area contributed by atoms with Crippen LogP contribution in [-0.4, -0.2) is 16.5 Å². The van der Waals surface area contributed by atoms with Crippen molar-refractivity contribution in [3.05, 3.63) is 59.7 Å². The molecular formula is C15H19N3. The van der Waals surface area contributed by atoms with E-state index in [0.29, 0.717) is 6.04 Å². The first-order valence-electron chi connectivity index (χ1n) is 6.36. The monoisotopic (exact) mass is 241 g/mol. The molecule has 2 aromatic rings. The highest BCUT2D eigenvalue weighted by Gasteiger charge is 2.11. The van der Waals surface area contributed by atoms with E-state index >= 15 is 0 Å². The standard InChI is InChI=1S/C15H19N3/c1-3-16-15(13-7-5-4-6-8-13)11-14-9-10-17-12(2)18-14/h4-10,15-16H,3,11H2,1-2H3. The van der Waals surface area contributed by atoms with Crippen molar-refractivity contribution in [1.29, 1.82) is 0 Å². The summed E-state index contributed by atoms with van der Waals surface area (Å²) < 4.78 is 0. The normalized spacial score (nSPS) is 12.3. The summed E-state index contributed by atoms with van der Waals surface area (Å²) in [5.41, 5.74) is 2.38. The van der Waals surface area contributed by atoms with Crippen LogP contribution in [0.3, 0.4) is 0 Å². The molecule has 0 fully saturated rings. The summed E-state index contributed by atoms with van der Waals surface area (Å²) in [7, 11) is 0. The summed E-state index contributed by atoms with van der Waals surface area (Å²) in [6.07, 6.45) is 2.72. The van der Waals surface area contributed by atoms with Gasteiger partial charge in [-0.15, -0.1) is 0 Å². The van der Waals surface area contributed by atoms with Crippen molar-refractivity contribution in [3.8, 4) is 0 Å². The lowest BCUT2D eigenvalue weighted by Crippen LogP contribution is -2.23. The number of rotatable bonds is 5. The minimum absolute atomic E-state index is 0.311. The molecule has 1 heterocycles. The molecule has 0 radical (unpaired) electrons. The summed E-state index contributed by atoms with van der Waals surface area (Å²) in [6.45, 7) is 5.00. The Hall–Kier alpha value is -1.74. The Kier molecular flexibility index (Phi) is 4.42. The second-order valence-electron chi connectivity index (χ2n) is 4.32. The topological polar surface area (TPSA) is 37.8 Å². The fourth-order valence-corrected chi connectivity index (χ4v) is 2.07. The molecule has 0 saturated heterocycles. The molecule has 1 atom stereocenters. The van der Waals surface area contributed by atoms with Crippen LogP contribution in [0.1, 0.15) is 30.0 Å². The number of nitrogens with one attached hydrogen (secondary N) is 1. The van der Waals surface area contributed by atoms with Crippen LogP contribution in [-0.2, 0) is 6.42 Å². The number of likely N-dealkylation sites (N-methyl/N-ethyl adjacent to an activating group) is 1. The molecule has 0 spiro atoms. The van der Waals surface area contributed by atoms with E-state index in [2.05, 4.69) is 46.5 Å². The first-order chi connectivity index (χ1) is 8.79. The summed E-state index contributed by atoms with van der Waals surface area (Å²) in [4.78, 5) is 8.60. The van der Waals surface area contributed by atoms with Crippen LogP contribution < -0.4 is 5.32 Å². The second-order valence-corrected chi connectivity index (χ2v) is 4.32. The van der Waals surface area contributed by atoms with Crippen LogP contribution >= 0.6 is 0 Å². The van der Waals surface area contributed by atoms with Crippen molar-refractivity contribution >= 4 is 0 Å². The van der Waals surface area contributed by atoms with Crippen molar-refractivity contribution in [3.63, 3.8) is 0 Å². The van der Waals surface area contributed by atoms with Crippen molar-refractivity contribution in [1.82, 2.24) is 15.3 Å². The Morgan fingerprint density at radius 2 is 1.94 bits per heavy atom. The van der Waals surface area contributed by atoms with Gasteiger partial charge in [0.05, 0.1) is 0 Å². The van der Waals surface area contributed by atoms with Crippen LogP contribution in [0.4, 0.5) is 0 Å². The van der Waals surface area contributed by atoms with Gasteiger partial charge in [-0.3, -0.25) is 0 Å². The lowest BCUT2D eigenvalue weighted by Gasteiger charge is -2.18. The zero-order valence-electron chi connectivity index (χ0n) is 10.9. The largest absolute Gasteiger partial charge is 0.310 e. The Labute approximate surface area is 108 Å². The number of hydrogen-bond acceptors (Lipinski definition) is 3. The van der Waals surface area contributed by atoms with Gasteiger partial charge in [-0.25, -0.2) is 9.97 Å². The SMILES string of the molecule is CCNC(Cc1ccnc(C)n1)c1ccccc1. The number of aryl methyl sites for hydroxylation is 1. The maximum Gasteiger partial charge on any atom is 0.125 e. The Balaban J connectivity index is 2.16. The van der Waals surface area contributed by atoms with E-state index in [0.717, 1.165) is 24.5 Å². The van der Waals surface area contributed by atoms with Gasteiger partial charge in [0.25, 0.3) is 0 Å². The number of aromatic nitrogens is 2. The van der Waals surface area contributed by atoms with Crippen LogP contribution in [0, 0.1) is 6.92 Å². The molecule has 1 aromatic heterocycles. The average molecular weight is 241 g/mol. The molecule has 1 aromatic carbocycles. The van der Waals surface area contributed by atoms with Gasteiger partial charge in [-0.2, -0.15) is 0 Å². The van der Waals surface area contributed by atoms with E-state index in [4.69, 9.17) is 0 Å². The van der Waals surface area contributed by atoms with E-state index in [1.54, 1.807) is 0 Å². The summed E-state index contributed by atoms with van der Waals surface area (Å²) >= 11 is 0. The van der Waals surface area contributed by atoms with Gasteiger partial charge < -0.3 is 5.32 Å². The fourth-order valence-electron chi connectivity index (χ4n) is 2.07. The molecule has 3 heteroatoms. The summed E-state index contributed by atoms with van der Waals surface area (Å²) in [5.74, 6) is 0.829. The smallest absolute Gasteiger partial charge is 0.125 e. The van der Waals surface area contributed by atoms with E-state index in [-0.39, 0.29) is 0 Å². The lowest BCUT2D eigenvalue weighted by molar-refractivity contribution is 0.543. The maximum atomic E-state index is 4.47. The molecule has 2 rings (SSSR count). The van der Waals surface area contributed by atoms with E-state index in [1.165, 1.54) is 5.56 Å². The predicted octanol–water partition coefficient (Wildman–Crippen LogP) is 2.68. The Bertz CT molecular complexity index is 482. The second kappa shape index (κ2) is 6.26. The van der Waals surface area contributed by atoms with Crippen LogP contribution in [0.25, 0.3) is 0 Å². The molecule has 0 amide bonds. The zero-order chi connectivity index (χ0) is 12.8. The minimum atomic E-state index is 0.311. The first kappa shape index (κ1) is 12.7. The van der Waals surface area contributed by atoms with Gasteiger partial charge >= 0.3 is 0 Å². The average Bonchev–Trinajstić information content (AvgIpc) is 2.39. The molecule has 1 unspecified atom stereocenters. The van der Waals surface area contributed by atoms with Gasteiger partial charge in [0.1, 0.15) is 5.82 Å². The number of benzene rings is 1. The van der Waals surface area contributed by atoms with E-state index in [9.17, 15) is 0 Å². The van der Waals surface area contributed by atoms with Crippen LogP contribution in [0.15, 0.2) is 42.6 Å². The molecule has 3 nitrogen and oxygen atoms in total. The van der Waals surface area contributed by atoms with Gasteiger partial charge in [0.15, 0.2) is 0 Å². The highest BCUT2D eigenvalue weighted by molar-refractivity contribution is 5.21. The third-order valence-electron chi connectivity index (χ3n) is 2.90. The van der Waals surface area contributed by atoms with Gasteiger partial charge in [-0.05, 0) is 25.1 Å². The van der Waals surface area contributed by atoms with Crippen LogP contribution in [0.5, 0.6) is 0 Å². The van der Waals surface area contributed by atoms with E-state index < -0.39 is 0 Å². The summed E-state index contributed by atoms with van der Waals surface area (Å²) in [6, 6.07) is 12.8. The Morgan fingerprint density at radius 1 is 1.17 bits per heavy atom. The minimum Gasteiger partial charge on any atom is -0.310 e. The molecule has 0 bridgehead atoms. The molecular weight excluding hydrogens is 222 g/mol. The highest BCUT2D eigenvalue weighted by Crippen LogP contribution is 2.16. The molecule has 0 aliphatic heterocycles. The number of nitrogens with zero attached hydrogens (tertiary/aromatic N) is 2. The van der Waals surface area contributed by atoms with Crippen molar-refractivity contribution in [2.45, 2.75) is 26.3 Å². The molecule has 94 valence electrons. The van der Waals surface area contributed by atoms with Crippen molar-refractivity contribution in [2.75, 3.05) is 6.54 Å². The predicted molar refractivity (Wildman–Crippen MR) is 73.3 cm³/mol. The molecule has 1 N–H and O–H groups in total. The quantitative estimate of drug-likeness (QED) is 0.874. The van der Waals surface area contributed by atoms with Gasteiger partial charge in [0, 0.05) is 24.4 Å².